The molecule has 3 heterocycles. The van der Waals surface area contributed by atoms with Crippen LogP contribution in [0.4, 0.5) is 36.1 Å². The van der Waals surface area contributed by atoms with E-state index in [2.05, 4.69) is 30.9 Å². The molecule has 3 N–H and O–H groups in total. The predicted octanol–water partition coefficient (Wildman–Crippen LogP) is 4.27. The molecule has 0 aliphatic carbocycles. The molecule has 1 aromatic carbocycles. The molecule has 3 aromatic rings. The van der Waals surface area contributed by atoms with Crippen molar-refractivity contribution in [3.05, 3.63) is 71.2 Å². The highest BCUT2D eigenvalue weighted by molar-refractivity contribution is 5.98. The van der Waals surface area contributed by atoms with Gasteiger partial charge in [0.25, 0.3) is 5.91 Å². The lowest BCUT2D eigenvalue weighted by molar-refractivity contribution is -0.137. The lowest BCUT2D eigenvalue weighted by atomic mass is 10.1. The molecule has 1 aliphatic heterocycles. The van der Waals surface area contributed by atoms with Gasteiger partial charge in [-0.3, -0.25) is 9.79 Å². The second kappa shape index (κ2) is 8.05. The minimum absolute atomic E-state index is 0.0256. The van der Waals surface area contributed by atoms with Crippen LogP contribution in [0.2, 0.25) is 0 Å². The topological polar surface area (TPSA) is 91.3 Å². The summed E-state index contributed by atoms with van der Waals surface area (Å²) in [7, 11) is 1.41. The minimum Gasteiger partial charge on any atom is -0.354 e. The summed E-state index contributed by atoms with van der Waals surface area (Å²) in [6.45, 7) is 0.612. The lowest BCUT2D eigenvalue weighted by Gasteiger charge is -2.17. The fourth-order valence-corrected chi connectivity index (χ4v) is 3.13. The first kappa shape index (κ1) is 20.3. The number of amides is 1. The maximum absolute atomic E-state index is 13.6. The fraction of sp³-hybridized carbons (Fsp3) is 0.143. The first-order valence-corrected chi connectivity index (χ1v) is 9.26. The number of anilines is 4. The smallest absolute Gasteiger partial charge is 0.354 e. The average molecular weight is 426 g/mol. The Kier molecular flexibility index (Phi) is 5.28. The van der Waals surface area contributed by atoms with Crippen molar-refractivity contribution in [2.75, 3.05) is 17.7 Å². The van der Waals surface area contributed by atoms with Gasteiger partial charge in [-0.25, -0.2) is 9.97 Å². The summed E-state index contributed by atoms with van der Waals surface area (Å²) < 4.78 is 40.7. The number of benzene rings is 1. The number of fused-ring (bicyclic) bond motifs is 1. The number of halogens is 3. The molecule has 10 heteroatoms. The van der Waals surface area contributed by atoms with Crippen LogP contribution in [0.5, 0.6) is 0 Å². The third-order valence-electron chi connectivity index (χ3n) is 4.64. The number of hydrogen-bond donors (Lipinski definition) is 3. The molecule has 1 amide bonds. The number of hydrogen-bond acceptors (Lipinski definition) is 6. The third kappa shape index (κ3) is 4.32. The van der Waals surface area contributed by atoms with Crippen LogP contribution in [-0.4, -0.2) is 29.1 Å². The quantitative estimate of drug-likeness (QED) is 0.567. The lowest BCUT2D eigenvalue weighted by Crippen LogP contribution is -2.21. The number of nitrogens with one attached hydrogen (secondary N) is 3. The molecule has 0 fully saturated rings. The van der Waals surface area contributed by atoms with Gasteiger partial charge in [0, 0.05) is 37.4 Å². The number of nitrogens with zero attached hydrogens (tertiary/aromatic N) is 3. The molecule has 31 heavy (non-hydrogen) atoms. The van der Waals surface area contributed by atoms with Crippen molar-refractivity contribution in [2.24, 2.45) is 4.99 Å². The molecular weight excluding hydrogens is 409 g/mol. The number of carbonyl (C=O) groups excluding carboxylic acids is 1. The Labute approximate surface area is 175 Å². The van der Waals surface area contributed by atoms with Crippen LogP contribution in [0.1, 0.15) is 27.2 Å². The van der Waals surface area contributed by atoms with Crippen LogP contribution in [-0.2, 0) is 12.7 Å². The van der Waals surface area contributed by atoms with E-state index in [-0.39, 0.29) is 22.9 Å². The molecule has 4 rings (SSSR count). The van der Waals surface area contributed by atoms with Gasteiger partial charge < -0.3 is 16.0 Å². The van der Waals surface area contributed by atoms with E-state index in [1.165, 1.54) is 31.4 Å². The van der Waals surface area contributed by atoms with Crippen molar-refractivity contribution in [3.63, 3.8) is 0 Å². The van der Waals surface area contributed by atoms with Crippen molar-refractivity contribution >= 4 is 35.0 Å². The third-order valence-corrected chi connectivity index (χ3v) is 4.64. The summed E-state index contributed by atoms with van der Waals surface area (Å²) in [6, 6.07) is 9.80. The molecule has 1 aliphatic rings. The van der Waals surface area contributed by atoms with Gasteiger partial charge in [-0.15, -0.1) is 0 Å². The van der Waals surface area contributed by atoms with E-state index in [9.17, 15) is 18.0 Å². The van der Waals surface area contributed by atoms with Crippen molar-refractivity contribution in [2.45, 2.75) is 12.7 Å². The summed E-state index contributed by atoms with van der Waals surface area (Å²) in [5, 5.41) is 8.12. The SMILES string of the molecule is CNC(=O)c1ncccc1Nc1cc(Nc2ccc3c(c2)C=NC3)ncc1C(F)(F)F. The zero-order valence-corrected chi connectivity index (χ0v) is 16.3. The van der Waals surface area contributed by atoms with E-state index in [4.69, 9.17) is 0 Å². The van der Waals surface area contributed by atoms with Crippen LogP contribution >= 0.6 is 0 Å². The molecule has 0 spiro atoms. The molecular formula is C21H17F3N6O. The van der Waals surface area contributed by atoms with Gasteiger partial charge in [0.15, 0.2) is 5.69 Å². The molecule has 2 aromatic heterocycles. The first-order valence-electron chi connectivity index (χ1n) is 9.26. The van der Waals surface area contributed by atoms with E-state index in [0.29, 0.717) is 12.2 Å². The number of aromatic nitrogens is 2. The monoisotopic (exact) mass is 426 g/mol. The summed E-state index contributed by atoms with van der Waals surface area (Å²) in [4.78, 5) is 24.1. The minimum atomic E-state index is -4.65. The Morgan fingerprint density at radius 3 is 2.68 bits per heavy atom. The van der Waals surface area contributed by atoms with E-state index in [1.807, 2.05) is 18.2 Å². The molecule has 0 saturated carbocycles. The predicted molar refractivity (Wildman–Crippen MR) is 111 cm³/mol. The van der Waals surface area contributed by atoms with Crippen LogP contribution in [0, 0.1) is 0 Å². The molecule has 7 nitrogen and oxygen atoms in total. The van der Waals surface area contributed by atoms with Gasteiger partial charge in [-0.05, 0) is 35.4 Å². The number of pyridine rings is 2. The van der Waals surface area contributed by atoms with Gasteiger partial charge in [-0.1, -0.05) is 6.07 Å². The highest BCUT2D eigenvalue weighted by Crippen LogP contribution is 2.37. The van der Waals surface area contributed by atoms with Crippen LogP contribution < -0.4 is 16.0 Å². The standard InChI is InChI=1S/C21H17F3N6O/c1-25-20(31)19-16(3-2-6-27-19)30-17-8-18(28-11-15(17)21(22,23)24)29-14-5-4-12-9-26-10-13(12)7-14/h2-8,10-11H,9H2,1H3,(H,25,31)(H2,28,29,30). The van der Waals surface area contributed by atoms with E-state index >= 15 is 0 Å². The molecule has 0 unspecified atom stereocenters. The maximum atomic E-state index is 13.6. The normalized spacial score (nSPS) is 12.4. The van der Waals surface area contributed by atoms with E-state index < -0.39 is 17.6 Å². The number of alkyl halides is 3. The van der Waals surface area contributed by atoms with Crippen molar-refractivity contribution in [3.8, 4) is 0 Å². The molecule has 0 bridgehead atoms. The Hall–Kier alpha value is -3.95. The highest BCUT2D eigenvalue weighted by Gasteiger charge is 2.34. The molecule has 0 radical (unpaired) electrons. The maximum Gasteiger partial charge on any atom is 0.419 e. The van der Waals surface area contributed by atoms with Crippen molar-refractivity contribution in [1.29, 1.82) is 0 Å². The zero-order valence-electron chi connectivity index (χ0n) is 16.3. The fourth-order valence-electron chi connectivity index (χ4n) is 3.13. The number of carbonyl (C=O) groups is 1. The Balaban J connectivity index is 1.69. The molecule has 158 valence electrons. The summed E-state index contributed by atoms with van der Waals surface area (Å²) in [6.07, 6.45) is -0.768. The van der Waals surface area contributed by atoms with Crippen LogP contribution in [0.25, 0.3) is 0 Å². The van der Waals surface area contributed by atoms with Gasteiger partial charge >= 0.3 is 6.18 Å². The Morgan fingerprint density at radius 1 is 1.06 bits per heavy atom. The number of aliphatic imine (C=N–C) groups is 1. The summed E-state index contributed by atoms with van der Waals surface area (Å²) in [5.41, 5.74) is 1.57. The first-order chi connectivity index (χ1) is 14.8. The second-order valence-corrected chi connectivity index (χ2v) is 6.72. The second-order valence-electron chi connectivity index (χ2n) is 6.72. The van der Waals surface area contributed by atoms with Gasteiger partial charge in [0.2, 0.25) is 0 Å². The van der Waals surface area contributed by atoms with E-state index in [0.717, 1.165) is 17.3 Å². The van der Waals surface area contributed by atoms with Gasteiger partial charge in [-0.2, -0.15) is 13.2 Å². The Bertz CT molecular complexity index is 1180. The summed E-state index contributed by atoms with van der Waals surface area (Å²) >= 11 is 0. The Morgan fingerprint density at radius 2 is 1.90 bits per heavy atom. The van der Waals surface area contributed by atoms with Crippen LogP contribution in [0.3, 0.4) is 0 Å². The average Bonchev–Trinajstić information content (AvgIpc) is 3.21. The van der Waals surface area contributed by atoms with Gasteiger partial charge in [0.05, 0.1) is 23.5 Å². The molecule has 0 saturated heterocycles. The van der Waals surface area contributed by atoms with Crippen molar-refractivity contribution in [1.82, 2.24) is 15.3 Å². The summed E-state index contributed by atoms with van der Waals surface area (Å²) in [5.74, 6) is -0.320. The van der Waals surface area contributed by atoms with Crippen molar-refractivity contribution < 1.29 is 18.0 Å². The number of rotatable bonds is 5. The van der Waals surface area contributed by atoms with Gasteiger partial charge in [0.1, 0.15) is 5.82 Å². The molecule has 0 atom stereocenters. The largest absolute Gasteiger partial charge is 0.419 e. The highest BCUT2D eigenvalue weighted by atomic mass is 19.4. The van der Waals surface area contributed by atoms with Crippen LogP contribution in [0.15, 0.2) is 53.8 Å². The van der Waals surface area contributed by atoms with E-state index in [1.54, 1.807) is 6.21 Å². The zero-order chi connectivity index (χ0) is 22.0.